The van der Waals surface area contributed by atoms with E-state index in [1.54, 1.807) is 24.3 Å². The number of hydrogen-bond acceptors (Lipinski definition) is 6. The molecule has 0 radical (unpaired) electrons. The number of hydrogen-bond donors (Lipinski definition) is 2. The average Bonchev–Trinajstić information content (AvgIpc) is 2.80. The van der Waals surface area contributed by atoms with E-state index in [0.29, 0.717) is 31.0 Å². The smallest absolute Gasteiger partial charge is 0.264 e. The lowest BCUT2D eigenvalue weighted by atomic mass is 9.64. The monoisotopic (exact) mass is 535 g/mol. The van der Waals surface area contributed by atoms with E-state index in [2.05, 4.69) is 35.5 Å². The summed E-state index contributed by atoms with van der Waals surface area (Å²) in [6.07, 6.45) is 1.97. The molecule has 8 heteroatoms. The Morgan fingerprint density at radius 3 is 2.37 bits per heavy atom. The summed E-state index contributed by atoms with van der Waals surface area (Å²) >= 11 is 0. The van der Waals surface area contributed by atoms with Crippen molar-refractivity contribution in [2.45, 2.75) is 70.8 Å². The molecule has 4 bridgehead atoms. The Morgan fingerprint density at radius 1 is 1.03 bits per heavy atom. The molecule has 2 atom stereocenters. The maximum atomic E-state index is 13.5. The van der Waals surface area contributed by atoms with Crippen LogP contribution in [-0.4, -0.2) is 36.2 Å². The van der Waals surface area contributed by atoms with Crippen LogP contribution in [0, 0.1) is 31.1 Å². The summed E-state index contributed by atoms with van der Waals surface area (Å²) in [6.45, 7) is 11.1. The topological polar surface area (TPSA) is 101 Å². The molecule has 2 heterocycles. The molecule has 2 aliphatic rings. The van der Waals surface area contributed by atoms with E-state index in [-0.39, 0.29) is 40.1 Å². The molecule has 0 spiro atoms. The molecule has 1 aliphatic heterocycles. The quantitative estimate of drug-likeness (QED) is 0.436. The van der Waals surface area contributed by atoms with Crippen LogP contribution in [-0.2, 0) is 10.0 Å². The first-order valence-corrected chi connectivity index (χ1v) is 14.8. The second-order valence-corrected chi connectivity index (χ2v) is 13.8. The summed E-state index contributed by atoms with van der Waals surface area (Å²) in [5.74, 6) is 0.718. The van der Waals surface area contributed by atoms with Crippen molar-refractivity contribution in [3.63, 3.8) is 0 Å². The Morgan fingerprint density at radius 2 is 1.71 bits per heavy atom. The van der Waals surface area contributed by atoms with Crippen molar-refractivity contribution in [2.75, 3.05) is 11.3 Å². The van der Waals surface area contributed by atoms with Crippen LogP contribution in [0.5, 0.6) is 5.88 Å². The molecule has 38 heavy (non-hydrogen) atoms. The normalized spacial score (nSPS) is 24.7. The second-order valence-electron chi connectivity index (χ2n) is 12.1. The first-order valence-electron chi connectivity index (χ1n) is 13.3. The van der Waals surface area contributed by atoms with Gasteiger partial charge in [0.25, 0.3) is 10.0 Å². The highest BCUT2D eigenvalue weighted by atomic mass is 32.2. The van der Waals surface area contributed by atoms with Crippen LogP contribution in [0.25, 0.3) is 11.3 Å². The van der Waals surface area contributed by atoms with Crippen LogP contribution in [0.2, 0.25) is 0 Å². The molecule has 1 aliphatic carbocycles. The number of anilines is 1. The molecule has 202 valence electrons. The Balaban J connectivity index is 1.66. The van der Waals surface area contributed by atoms with Gasteiger partial charge in [0.15, 0.2) is 0 Å². The predicted molar refractivity (Wildman–Crippen MR) is 149 cm³/mol. The number of ether oxygens (including phenoxy) is 1. The van der Waals surface area contributed by atoms with Crippen molar-refractivity contribution in [3.05, 3.63) is 65.2 Å². The molecule has 1 aromatic heterocycles. The zero-order valence-corrected chi connectivity index (χ0v) is 23.5. The Hall–Kier alpha value is -2.97. The Kier molecular flexibility index (Phi) is 6.99. The van der Waals surface area contributed by atoms with Crippen LogP contribution in [0.4, 0.5) is 5.95 Å². The van der Waals surface area contributed by atoms with Crippen molar-refractivity contribution in [1.29, 1.82) is 0 Å². The van der Waals surface area contributed by atoms with Crippen molar-refractivity contribution >= 4 is 16.0 Å². The van der Waals surface area contributed by atoms with Gasteiger partial charge in [-0.25, -0.2) is 18.1 Å². The minimum Gasteiger partial charge on any atom is -0.477 e. The maximum absolute atomic E-state index is 13.5. The van der Waals surface area contributed by atoms with Gasteiger partial charge < -0.3 is 9.84 Å². The number of aliphatic hydroxyl groups excluding tert-OH is 1. The van der Waals surface area contributed by atoms with Gasteiger partial charge in [0.2, 0.25) is 11.8 Å². The fourth-order valence-corrected chi connectivity index (χ4v) is 7.08. The predicted octanol–water partition coefficient (Wildman–Crippen LogP) is 5.86. The average molecular weight is 536 g/mol. The van der Waals surface area contributed by atoms with E-state index in [0.717, 1.165) is 28.7 Å². The number of aryl methyl sites for hydroxylation is 2. The lowest BCUT2D eigenvalue weighted by Gasteiger charge is -2.43. The van der Waals surface area contributed by atoms with E-state index in [1.165, 1.54) is 0 Å². The van der Waals surface area contributed by atoms with Crippen molar-refractivity contribution in [1.82, 2.24) is 9.97 Å². The molecule has 3 aromatic rings. The molecule has 1 saturated carbocycles. The molecular formula is C30H37N3O4S. The van der Waals surface area contributed by atoms with E-state index in [9.17, 15) is 13.5 Å². The summed E-state index contributed by atoms with van der Waals surface area (Å²) in [7, 11) is -3.95. The van der Waals surface area contributed by atoms with Crippen molar-refractivity contribution < 1.29 is 18.3 Å². The summed E-state index contributed by atoms with van der Waals surface area (Å²) in [5, 5.41) is 10.2. The van der Waals surface area contributed by atoms with Gasteiger partial charge >= 0.3 is 0 Å². The second kappa shape index (κ2) is 9.97. The van der Waals surface area contributed by atoms with Crippen LogP contribution in [0.15, 0.2) is 53.4 Å². The Bertz CT molecular complexity index is 1420. The third-order valence-electron chi connectivity index (χ3n) is 7.70. The standard InChI is InChI=1S/C30H37N3O4S/c1-18-8-6-9-19(2)27(18)25-15-26-32-29(31-25)33-38(35,36)24-11-7-10-20(14-24)28(21-12-23(34)13-21)22(17-37-26)16-30(3,4)5/h6-11,14-15,21-23,28,34H,12-13,16-17H2,1-5H3,(H,31,32,33)/t21?,22-,23?,28?/m1/s1. The zero-order chi connectivity index (χ0) is 27.2. The van der Waals surface area contributed by atoms with Crippen LogP contribution in [0.3, 0.4) is 0 Å². The SMILES string of the molecule is Cc1cccc(C)c1-c1cc2nc(n1)NS(=O)(=O)c1cccc(c1)C(C1CC(O)C1)[C@H](CC(C)(C)C)CO2. The molecule has 2 N–H and O–H groups in total. The summed E-state index contributed by atoms with van der Waals surface area (Å²) in [6, 6.07) is 15.0. The van der Waals surface area contributed by atoms with Gasteiger partial charge in [-0.1, -0.05) is 51.1 Å². The lowest BCUT2D eigenvalue weighted by Crippen LogP contribution is -2.39. The summed E-state index contributed by atoms with van der Waals surface area (Å²) in [4.78, 5) is 9.25. The van der Waals surface area contributed by atoms with Crippen LogP contribution in [0.1, 0.15) is 62.6 Å². The molecular weight excluding hydrogens is 498 g/mol. The van der Waals surface area contributed by atoms with Crippen LogP contribution >= 0.6 is 0 Å². The van der Waals surface area contributed by atoms with Gasteiger partial charge in [0, 0.05) is 17.5 Å². The van der Waals surface area contributed by atoms with Crippen molar-refractivity contribution in [3.8, 4) is 17.1 Å². The number of fused-ring (bicyclic) bond motifs is 4. The minimum atomic E-state index is -3.95. The van der Waals surface area contributed by atoms with Gasteiger partial charge in [-0.05, 0) is 79.2 Å². The molecule has 7 nitrogen and oxygen atoms in total. The minimum absolute atomic E-state index is 0.0165. The molecule has 5 rings (SSSR count). The highest BCUT2D eigenvalue weighted by Gasteiger charge is 2.41. The van der Waals surface area contributed by atoms with Gasteiger partial charge in [-0.2, -0.15) is 4.98 Å². The number of aliphatic hydroxyl groups is 1. The molecule has 2 aromatic carbocycles. The first-order chi connectivity index (χ1) is 17.9. The van der Waals surface area contributed by atoms with Gasteiger partial charge in [0.1, 0.15) is 0 Å². The highest BCUT2D eigenvalue weighted by Crippen LogP contribution is 2.47. The van der Waals surface area contributed by atoms with E-state index in [1.807, 2.05) is 38.1 Å². The number of nitrogens with one attached hydrogen (secondary N) is 1. The van der Waals surface area contributed by atoms with E-state index < -0.39 is 10.0 Å². The van der Waals surface area contributed by atoms with E-state index in [4.69, 9.17) is 4.74 Å². The number of benzene rings is 2. The molecule has 0 amide bonds. The maximum Gasteiger partial charge on any atom is 0.264 e. The van der Waals surface area contributed by atoms with Gasteiger partial charge in [0.05, 0.1) is 23.3 Å². The first kappa shape index (κ1) is 26.6. The van der Waals surface area contributed by atoms with Gasteiger partial charge in [-0.3, -0.25) is 0 Å². The zero-order valence-electron chi connectivity index (χ0n) is 22.7. The Labute approximate surface area is 225 Å². The largest absolute Gasteiger partial charge is 0.477 e. The van der Waals surface area contributed by atoms with E-state index >= 15 is 0 Å². The third-order valence-corrected chi connectivity index (χ3v) is 9.03. The molecule has 0 saturated heterocycles. The van der Waals surface area contributed by atoms with Crippen LogP contribution < -0.4 is 9.46 Å². The highest BCUT2D eigenvalue weighted by molar-refractivity contribution is 7.92. The number of rotatable bonds is 3. The summed E-state index contributed by atoms with van der Waals surface area (Å²) in [5.41, 5.74) is 4.60. The lowest BCUT2D eigenvalue weighted by molar-refractivity contribution is 0.00841. The molecule has 1 unspecified atom stereocenters. The fraction of sp³-hybridized carbons (Fsp3) is 0.467. The number of aromatic nitrogens is 2. The van der Waals surface area contributed by atoms with Crippen molar-refractivity contribution in [2.24, 2.45) is 17.3 Å². The third kappa shape index (κ3) is 5.57. The fourth-order valence-electron chi connectivity index (χ4n) is 6.08. The molecule has 1 fully saturated rings. The number of sulfonamides is 1. The van der Waals surface area contributed by atoms with Gasteiger partial charge in [-0.15, -0.1) is 0 Å². The summed E-state index contributed by atoms with van der Waals surface area (Å²) < 4.78 is 36.0. The number of nitrogens with zero attached hydrogens (tertiary/aromatic N) is 2.